The van der Waals surface area contributed by atoms with Gasteiger partial charge in [0.05, 0.1) is 18.3 Å². The van der Waals surface area contributed by atoms with Crippen molar-refractivity contribution in [2.24, 2.45) is 5.92 Å². The van der Waals surface area contributed by atoms with Crippen molar-refractivity contribution in [2.45, 2.75) is 26.2 Å². The summed E-state index contributed by atoms with van der Waals surface area (Å²) >= 11 is 0. The number of carbonyl (C=O) groups is 1. The highest BCUT2D eigenvalue weighted by atomic mass is 16.1. The van der Waals surface area contributed by atoms with Crippen LogP contribution in [0.25, 0.3) is 10.9 Å². The molecule has 134 valence electrons. The Morgan fingerprint density at radius 3 is 2.81 bits per heavy atom. The first-order chi connectivity index (χ1) is 12.7. The monoisotopic (exact) mass is 348 g/mol. The Morgan fingerprint density at radius 2 is 2.04 bits per heavy atom. The van der Waals surface area contributed by atoms with Gasteiger partial charge in [-0.05, 0) is 42.5 Å². The molecule has 0 aliphatic carbocycles. The Labute approximate surface area is 153 Å². The van der Waals surface area contributed by atoms with Gasteiger partial charge in [-0.15, -0.1) is 0 Å². The lowest BCUT2D eigenvalue weighted by molar-refractivity contribution is -0.115. The quantitative estimate of drug-likeness (QED) is 0.750. The molecule has 0 bridgehead atoms. The summed E-state index contributed by atoms with van der Waals surface area (Å²) in [6, 6.07) is 12.0. The molecule has 1 fully saturated rings. The predicted molar refractivity (Wildman–Crippen MR) is 105 cm³/mol. The van der Waals surface area contributed by atoms with Crippen LogP contribution in [0.15, 0.2) is 48.8 Å². The lowest BCUT2D eigenvalue weighted by Crippen LogP contribution is -2.33. The average molecular weight is 348 g/mol. The molecule has 4 rings (SSSR count). The van der Waals surface area contributed by atoms with E-state index in [9.17, 15) is 4.79 Å². The van der Waals surface area contributed by atoms with E-state index in [-0.39, 0.29) is 5.91 Å². The number of nitrogens with zero attached hydrogens (tertiary/aromatic N) is 2. The van der Waals surface area contributed by atoms with Crippen molar-refractivity contribution in [3.8, 4) is 0 Å². The number of rotatable bonds is 4. The van der Waals surface area contributed by atoms with Crippen LogP contribution in [0, 0.1) is 5.92 Å². The van der Waals surface area contributed by atoms with Crippen LogP contribution in [-0.2, 0) is 11.2 Å². The molecule has 2 N–H and O–H groups in total. The molecule has 2 aromatic heterocycles. The van der Waals surface area contributed by atoms with Crippen LogP contribution in [0.3, 0.4) is 0 Å². The number of para-hydroxylation sites is 1. The molecule has 3 heterocycles. The van der Waals surface area contributed by atoms with Crippen molar-refractivity contribution in [1.29, 1.82) is 0 Å². The van der Waals surface area contributed by atoms with Gasteiger partial charge in [0.1, 0.15) is 5.82 Å². The number of nitrogens with one attached hydrogen (secondary N) is 2. The molecule has 1 amide bonds. The van der Waals surface area contributed by atoms with Crippen LogP contribution in [0.2, 0.25) is 0 Å². The van der Waals surface area contributed by atoms with E-state index in [0.717, 1.165) is 47.0 Å². The third-order valence-electron chi connectivity index (χ3n) is 5.17. The number of fused-ring (bicyclic) bond motifs is 1. The molecular weight excluding hydrogens is 324 g/mol. The Balaban J connectivity index is 1.38. The van der Waals surface area contributed by atoms with Gasteiger partial charge in [0.15, 0.2) is 0 Å². The second-order valence-corrected chi connectivity index (χ2v) is 7.16. The molecule has 1 aliphatic rings. The van der Waals surface area contributed by atoms with Crippen molar-refractivity contribution in [2.75, 3.05) is 23.3 Å². The number of pyridine rings is 1. The van der Waals surface area contributed by atoms with E-state index in [1.165, 1.54) is 12.8 Å². The Hall–Kier alpha value is -2.82. The summed E-state index contributed by atoms with van der Waals surface area (Å²) in [5, 5.41) is 4.04. The van der Waals surface area contributed by atoms with Crippen LogP contribution in [0.1, 0.15) is 25.3 Å². The van der Waals surface area contributed by atoms with Crippen LogP contribution in [0.4, 0.5) is 11.5 Å². The fraction of sp³-hybridized carbons (Fsp3) is 0.333. The topological polar surface area (TPSA) is 61.0 Å². The van der Waals surface area contributed by atoms with Crippen LogP contribution in [0.5, 0.6) is 0 Å². The van der Waals surface area contributed by atoms with Gasteiger partial charge in [0.2, 0.25) is 5.91 Å². The number of hydrogen-bond acceptors (Lipinski definition) is 3. The lowest BCUT2D eigenvalue weighted by atomic mass is 9.99. The fourth-order valence-electron chi connectivity index (χ4n) is 3.54. The van der Waals surface area contributed by atoms with E-state index in [2.05, 4.69) is 27.1 Å². The molecule has 5 heteroatoms. The molecule has 0 atom stereocenters. The SMILES string of the molecule is CC1CCN(c2ccc(NC(=O)Cc3c[nH]c4ccccc34)cn2)CC1. The zero-order valence-electron chi connectivity index (χ0n) is 15.0. The summed E-state index contributed by atoms with van der Waals surface area (Å²) in [5.74, 6) is 1.76. The minimum Gasteiger partial charge on any atom is -0.361 e. The standard InChI is InChI=1S/C21H24N4O/c1-15-8-10-25(11-9-15)20-7-6-17(14-23-20)24-21(26)12-16-13-22-19-5-3-2-4-18(16)19/h2-7,13-15,22H,8-12H2,1H3,(H,24,26). The number of aromatic nitrogens is 2. The number of benzene rings is 1. The highest BCUT2D eigenvalue weighted by Gasteiger charge is 2.17. The summed E-state index contributed by atoms with van der Waals surface area (Å²) in [6.45, 7) is 4.41. The second kappa shape index (κ2) is 7.20. The van der Waals surface area contributed by atoms with Crippen molar-refractivity contribution >= 4 is 28.3 Å². The van der Waals surface area contributed by atoms with Crippen LogP contribution >= 0.6 is 0 Å². The van der Waals surface area contributed by atoms with Gasteiger partial charge in [0, 0.05) is 30.2 Å². The summed E-state index contributed by atoms with van der Waals surface area (Å²) in [5.41, 5.74) is 2.80. The number of amides is 1. The predicted octanol–water partition coefficient (Wildman–Crippen LogP) is 3.98. The molecule has 1 aliphatic heterocycles. The number of anilines is 2. The van der Waals surface area contributed by atoms with E-state index in [4.69, 9.17) is 0 Å². The van der Waals surface area contributed by atoms with Gasteiger partial charge in [-0.1, -0.05) is 25.1 Å². The minimum atomic E-state index is -0.0314. The molecule has 5 nitrogen and oxygen atoms in total. The number of piperidine rings is 1. The van der Waals surface area contributed by atoms with Crippen molar-refractivity contribution in [3.05, 3.63) is 54.4 Å². The number of aromatic amines is 1. The molecular formula is C21H24N4O. The first-order valence-corrected chi connectivity index (χ1v) is 9.25. The zero-order chi connectivity index (χ0) is 17.9. The second-order valence-electron chi connectivity index (χ2n) is 7.16. The molecule has 0 unspecified atom stereocenters. The fourth-order valence-corrected chi connectivity index (χ4v) is 3.54. The van der Waals surface area contributed by atoms with E-state index >= 15 is 0 Å². The van der Waals surface area contributed by atoms with E-state index in [1.54, 1.807) is 6.20 Å². The number of H-pyrrole nitrogens is 1. The minimum absolute atomic E-state index is 0.0314. The molecule has 3 aromatic rings. The maximum Gasteiger partial charge on any atom is 0.228 e. The van der Waals surface area contributed by atoms with E-state index in [1.807, 2.05) is 42.6 Å². The summed E-state index contributed by atoms with van der Waals surface area (Å²) < 4.78 is 0. The third-order valence-corrected chi connectivity index (χ3v) is 5.17. The van der Waals surface area contributed by atoms with Crippen LogP contribution < -0.4 is 10.2 Å². The van der Waals surface area contributed by atoms with Gasteiger partial charge < -0.3 is 15.2 Å². The molecule has 1 aromatic carbocycles. The van der Waals surface area contributed by atoms with E-state index < -0.39 is 0 Å². The zero-order valence-corrected chi connectivity index (χ0v) is 15.0. The maximum atomic E-state index is 12.4. The van der Waals surface area contributed by atoms with Gasteiger partial charge in [-0.3, -0.25) is 4.79 Å². The summed E-state index contributed by atoms with van der Waals surface area (Å²) in [6.07, 6.45) is 6.43. The summed E-state index contributed by atoms with van der Waals surface area (Å²) in [7, 11) is 0. The van der Waals surface area contributed by atoms with Crippen molar-refractivity contribution in [1.82, 2.24) is 9.97 Å². The Kier molecular flexibility index (Phi) is 4.61. The molecule has 0 radical (unpaired) electrons. The smallest absolute Gasteiger partial charge is 0.228 e. The maximum absolute atomic E-state index is 12.4. The van der Waals surface area contributed by atoms with Gasteiger partial charge in [0.25, 0.3) is 0 Å². The van der Waals surface area contributed by atoms with Crippen LogP contribution in [-0.4, -0.2) is 29.0 Å². The van der Waals surface area contributed by atoms with Crippen molar-refractivity contribution in [3.63, 3.8) is 0 Å². The Morgan fingerprint density at radius 1 is 1.23 bits per heavy atom. The molecule has 0 saturated carbocycles. The molecule has 1 saturated heterocycles. The molecule has 26 heavy (non-hydrogen) atoms. The first kappa shape index (κ1) is 16.6. The number of hydrogen-bond donors (Lipinski definition) is 2. The lowest BCUT2D eigenvalue weighted by Gasteiger charge is -2.31. The normalized spacial score (nSPS) is 15.3. The highest BCUT2D eigenvalue weighted by molar-refractivity contribution is 5.95. The van der Waals surface area contributed by atoms with Crippen molar-refractivity contribution < 1.29 is 4.79 Å². The highest BCUT2D eigenvalue weighted by Crippen LogP contribution is 2.22. The Bertz CT molecular complexity index is 892. The first-order valence-electron chi connectivity index (χ1n) is 9.25. The van der Waals surface area contributed by atoms with Gasteiger partial charge in [-0.25, -0.2) is 4.98 Å². The number of carbonyl (C=O) groups excluding carboxylic acids is 1. The van der Waals surface area contributed by atoms with Gasteiger partial charge >= 0.3 is 0 Å². The van der Waals surface area contributed by atoms with E-state index in [0.29, 0.717) is 6.42 Å². The largest absolute Gasteiger partial charge is 0.361 e. The van der Waals surface area contributed by atoms with Gasteiger partial charge in [-0.2, -0.15) is 0 Å². The summed E-state index contributed by atoms with van der Waals surface area (Å²) in [4.78, 5) is 22.4. The average Bonchev–Trinajstić information content (AvgIpc) is 3.06. The third kappa shape index (κ3) is 3.57. The molecule has 0 spiro atoms.